The van der Waals surface area contributed by atoms with Gasteiger partial charge < -0.3 is 4.42 Å². The smallest absolute Gasteiger partial charge is 0.257 e. The molecule has 0 unspecified atom stereocenters. The number of hydrogen-bond donors (Lipinski definition) is 0. The van der Waals surface area contributed by atoms with E-state index in [1.165, 1.54) is 21.9 Å². The highest BCUT2D eigenvalue weighted by molar-refractivity contribution is 7.88. The Kier molecular flexibility index (Phi) is 3.61. The highest BCUT2D eigenvalue weighted by Crippen LogP contribution is 2.30. The van der Waals surface area contributed by atoms with Crippen molar-refractivity contribution in [3.05, 3.63) is 23.4 Å². The molecule has 1 aliphatic rings. The van der Waals surface area contributed by atoms with Crippen LogP contribution in [0.15, 0.2) is 21.9 Å². The summed E-state index contributed by atoms with van der Waals surface area (Å²) >= 11 is 1.54. The van der Waals surface area contributed by atoms with Crippen LogP contribution in [0.3, 0.4) is 0 Å². The second kappa shape index (κ2) is 5.27. The normalized spacial score (nSPS) is 21.1. The van der Waals surface area contributed by atoms with E-state index >= 15 is 0 Å². The van der Waals surface area contributed by atoms with Crippen LogP contribution in [0, 0.1) is 0 Å². The van der Waals surface area contributed by atoms with Crippen LogP contribution in [-0.4, -0.2) is 42.3 Å². The predicted octanol–water partition coefficient (Wildman–Crippen LogP) is 1.94. The minimum Gasteiger partial charge on any atom is -0.420 e. The molecule has 0 aromatic carbocycles. The summed E-state index contributed by atoms with van der Waals surface area (Å²) in [6.45, 7) is 0.992. The average molecular weight is 313 g/mol. The molecule has 0 bridgehead atoms. The third-order valence-electron chi connectivity index (χ3n) is 3.37. The van der Waals surface area contributed by atoms with Crippen molar-refractivity contribution >= 4 is 21.4 Å². The minimum atomic E-state index is -3.16. The molecule has 1 aliphatic heterocycles. The number of thiophene rings is 1. The van der Waals surface area contributed by atoms with Crippen LogP contribution in [0.25, 0.3) is 10.8 Å². The van der Waals surface area contributed by atoms with Gasteiger partial charge in [-0.25, -0.2) is 12.7 Å². The van der Waals surface area contributed by atoms with E-state index in [1.54, 1.807) is 0 Å². The van der Waals surface area contributed by atoms with Gasteiger partial charge in [0.1, 0.15) is 0 Å². The molecule has 8 heteroatoms. The van der Waals surface area contributed by atoms with E-state index < -0.39 is 10.0 Å². The predicted molar refractivity (Wildman–Crippen MR) is 76.0 cm³/mol. The van der Waals surface area contributed by atoms with Crippen LogP contribution < -0.4 is 0 Å². The summed E-state index contributed by atoms with van der Waals surface area (Å²) in [5.74, 6) is 1.02. The summed E-state index contributed by atoms with van der Waals surface area (Å²) in [6, 6.07) is 3.85. The van der Waals surface area contributed by atoms with Crippen molar-refractivity contribution < 1.29 is 12.8 Å². The maximum atomic E-state index is 11.6. The van der Waals surface area contributed by atoms with Crippen molar-refractivity contribution in [2.75, 3.05) is 19.3 Å². The molecule has 0 aliphatic carbocycles. The average Bonchev–Trinajstić information content (AvgIpc) is 3.09. The van der Waals surface area contributed by atoms with Gasteiger partial charge in [0.25, 0.3) is 5.89 Å². The van der Waals surface area contributed by atoms with Crippen molar-refractivity contribution in [2.24, 2.45) is 0 Å². The minimum absolute atomic E-state index is 0.0142. The fraction of sp³-hybridized carbons (Fsp3) is 0.500. The molecule has 0 spiro atoms. The molecule has 108 valence electrons. The maximum absolute atomic E-state index is 11.6. The molecule has 2 aromatic heterocycles. The lowest BCUT2D eigenvalue weighted by molar-refractivity contribution is 0.287. The molecule has 1 atom stereocenters. The molecule has 6 nitrogen and oxygen atoms in total. The summed E-state index contributed by atoms with van der Waals surface area (Å²) < 4.78 is 30.4. The van der Waals surface area contributed by atoms with Crippen LogP contribution in [0.2, 0.25) is 0 Å². The first kappa shape index (κ1) is 13.7. The van der Waals surface area contributed by atoms with Crippen molar-refractivity contribution in [1.82, 2.24) is 14.5 Å². The molecular formula is C12H15N3O3S2. The van der Waals surface area contributed by atoms with Crippen LogP contribution in [0.1, 0.15) is 24.7 Å². The van der Waals surface area contributed by atoms with Gasteiger partial charge in [-0.3, -0.25) is 0 Å². The number of nitrogens with zero attached hydrogens (tertiary/aromatic N) is 3. The van der Waals surface area contributed by atoms with Gasteiger partial charge in [0.05, 0.1) is 17.1 Å². The SMILES string of the molecule is CS(=O)(=O)N1CCC[C@@H](c2nnc(-c3cccs3)o2)C1. The second-order valence-corrected chi connectivity index (χ2v) is 7.81. The lowest BCUT2D eigenvalue weighted by Crippen LogP contribution is -2.38. The number of rotatable bonds is 3. The molecule has 3 heterocycles. The van der Waals surface area contributed by atoms with E-state index in [4.69, 9.17) is 4.42 Å². The van der Waals surface area contributed by atoms with E-state index in [9.17, 15) is 8.42 Å². The molecule has 3 rings (SSSR count). The van der Waals surface area contributed by atoms with Gasteiger partial charge in [-0.1, -0.05) is 6.07 Å². The van der Waals surface area contributed by atoms with Crippen molar-refractivity contribution in [2.45, 2.75) is 18.8 Å². The first-order valence-electron chi connectivity index (χ1n) is 6.36. The molecule has 0 amide bonds. The summed E-state index contributed by atoms with van der Waals surface area (Å²) in [6.07, 6.45) is 2.92. The Labute approximate surface area is 121 Å². The van der Waals surface area contributed by atoms with Crippen LogP contribution in [0.5, 0.6) is 0 Å². The maximum Gasteiger partial charge on any atom is 0.257 e. The quantitative estimate of drug-likeness (QED) is 0.865. The highest BCUT2D eigenvalue weighted by Gasteiger charge is 2.30. The zero-order valence-electron chi connectivity index (χ0n) is 11.0. The van der Waals surface area contributed by atoms with Gasteiger partial charge in [-0.15, -0.1) is 21.5 Å². The summed E-state index contributed by atoms with van der Waals surface area (Å²) in [7, 11) is -3.16. The van der Waals surface area contributed by atoms with E-state index in [2.05, 4.69) is 10.2 Å². The van der Waals surface area contributed by atoms with E-state index in [-0.39, 0.29) is 5.92 Å². The lowest BCUT2D eigenvalue weighted by atomic mass is 10.00. The largest absolute Gasteiger partial charge is 0.420 e. The van der Waals surface area contributed by atoms with Crippen molar-refractivity contribution in [1.29, 1.82) is 0 Å². The zero-order valence-corrected chi connectivity index (χ0v) is 12.7. The summed E-state index contributed by atoms with van der Waals surface area (Å²) in [5.41, 5.74) is 0. The van der Waals surface area contributed by atoms with Gasteiger partial charge in [-0.2, -0.15) is 0 Å². The number of sulfonamides is 1. The van der Waals surface area contributed by atoms with E-state index in [1.807, 2.05) is 17.5 Å². The molecular weight excluding hydrogens is 298 g/mol. The first-order chi connectivity index (χ1) is 9.54. The second-order valence-electron chi connectivity index (χ2n) is 4.88. The zero-order chi connectivity index (χ0) is 14.2. The first-order valence-corrected chi connectivity index (χ1v) is 9.09. The molecule has 1 saturated heterocycles. The lowest BCUT2D eigenvalue weighted by Gasteiger charge is -2.28. The van der Waals surface area contributed by atoms with Crippen LogP contribution >= 0.6 is 11.3 Å². The third kappa shape index (κ3) is 2.77. The monoisotopic (exact) mass is 313 g/mol. The number of aromatic nitrogens is 2. The Morgan fingerprint density at radius 1 is 1.45 bits per heavy atom. The fourth-order valence-corrected chi connectivity index (χ4v) is 3.90. The highest BCUT2D eigenvalue weighted by atomic mass is 32.2. The van der Waals surface area contributed by atoms with Gasteiger partial charge in [0.15, 0.2) is 0 Å². The standard InChI is InChI=1S/C12H15N3O3S2/c1-20(16,17)15-6-2-4-9(8-15)11-13-14-12(18-11)10-5-3-7-19-10/h3,5,7,9H,2,4,6,8H2,1H3/t9-/m1/s1. The Morgan fingerprint density at radius 3 is 3.00 bits per heavy atom. The summed E-state index contributed by atoms with van der Waals surface area (Å²) in [5, 5.41) is 10.1. The van der Waals surface area contributed by atoms with Gasteiger partial charge in [0, 0.05) is 13.1 Å². The molecule has 1 fully saturated rings. The fourth-order valence-electron chi connectivity index (χ4n) is 2.34. The Bertz CT molecular complexity index is 679. The molecule has 2 aromatic rings. The van der Waals surface area contributed by atoms with Gasteiger partial charge in [-0.05, 0) is 24.3 Å². The number of piperidine rings is 1. The van der Waals surface area contributed by atoms with E-state index in [0.717, 1.165) is 17.7 Å². The van der Waals surface area contributed by atoms with Crippen LogP contribution in [0.4, 0.5) is 0 Å². The molecule has 0 saturated carbocycles. The number of hydrogen-bond acceptors (Lipinski definition) is 6. The van der Waals surface area contributed by atoms with Crippen molar-refractivity contribution in [3.8, 4) is 10.8 Å². The molecule has 0 N–H and O–H groups in total. The Hall–Kier alpha value is -1.25. The summed E-state index contributed by atoms with van der Waals surface area (Å²) in [4.78, 5) is 0.930. The van der Waals surface area contributed by atoms with Crippen LogP contribution in [-0.2, 0) is 10.0 Å². The third-order valence-corrected chi connectivity index (χ3v) is 5.50. The van der Waals surface area contributed by atoms with E-state index in [0.29, 0.717) is 24.9 Å². The topological polar surface area (TPSA) is 76.3 Å². The Morgan fingerprint density at radius 2 is 2.30 bits per heavy atom. The molecule has 20 heavy (non-hydrogen) atoms. The molecule has 0 radical (unpaired) electrons. The van der Waals surface area contributed by atoms with Gasteiger partial charge >= 0.3 is 0 Å². The van der Waals surface area contributed by atoms with Gasteiger partial charge in [0.2, 0.25) is 15.9 Å². The Balaban J connectivity index is 1.79. The van der Waals surface area contributed by atoms with Crippen molar-refractivity contribution in [3.63, 3.8) is 0 Å².